The van der Waals surface area contributed by atoms with E-state index in [1.807, 2.05) is 62.4 Å². The molecule has 1 unspecified atom stereocenters. The molecule has 0 aliphatic heterocycles. The van der Waals surface area contributed by atoms with Gasteiger partial charge >= 0.3 is 0 Å². The second kappa shape index (κ2) is 9.89. The third-order valence-corrected chi connectivity index (χ3v) is 5.59. The summed E-state index contributed by atoms with van der Waals surface area (Å²) in [5, 5.41) is 5.51. The lowest BCUT2D eigenvalue weighted by atomic mass is 10.1. The summed E-state index contributed by atoms with van der Waals surface area (Å²) in [6.45, 7) is 3.92. The van der Waals surface area contributed by atoms with Crippen molar-refractivity contribution in [3.63, 3.8) is 0 Å². The van der Waals surface area contributed by atoms with Crippen LogP contribution in [0.2, 0.25) is 0 Å². The molecule has 5 nitrogen and oxygen atoms in total. The van der Waals surface area contributed by atoms with Gasteiger partial charge in [-0.1, -0.05) is 36.8 Å². The maximum atomic E-state index is 12.6. The molecule has 2 N–H and O–H groups in total. The van der Waals surface area contributed by atoms with Crippen LogP contribution in [-0.2, 0) is 4.79 Å². The summed E-state index contributed by atoms with van der Waals surface area (Å²) in [5.74, 6) is 0.289. The van der Waals surface area contributed by atoms with E-state index >= 15 is 0 Å². The number of thioether (sulfide) groups is 1. The summed E-state index contributed by atoms with van der Waals surface area (Å²) in [7, 11) is 0. The number of amides is 2. The van der Waals surface area contributed by atoms with E-state index in [2.05, 4.69) is 15.6 Å². The summed E-state index contributed by atoms with van der Waals surface area (Å²) < 4.78 is 0. The van der Waals surface area contributed by atoms with Crippen LogP contribution < -0.4 is 10.6 Å². The van der Waals surface area contributed by atoms with Crippen LogP contribution in [0.1, 0.15) is 29.3 Å². The number of benzene rings is 2. The number of aromatic nitrogens is 1. The molecule has 0 saturated heterocycles. The van der Waals surface area contributed by atoms with Gasteiger partial charge in [0, 0.05) is 22.3 Å². The highest BCUT2D eigenvalue weighted by Crippen LogP contribution is 2.28. The van der Waals surface area contributed by atoms with Crippen LogP contribution in [0.5, 0.6) is 0 Å². The zero-order chi connectivity index (χ0) is 20.6. The lowest BCUT2D eigenvalue weighted by Gasteiger charge is -2.15. The molecule has 0 spiro atoms. The topological polar surface area (TPSA) is 71.1 Å². The summed E-state index contributed by atoms with van der Waals surface area (Å²) in [4.78, 5) is 30.1. The monoisotopic (exact) mass is 405 g/mol. The Morgan fingerprint density at radius 2 is 1.83 bits per heavy atom. The average Bonchev–Trinajstić information content (AvgIpc) is 2.73. The Morgan fingerprint density at radius 3 is 2.55 bits per heavy atom. The molecule has 0 aliphatic rings. The van der Waals surface area contributed by atoms with Crippen molar-refractivity contribution in [1.82, 2.24) is 4.98 Å². The first kappa shape index (κ1) is 20.6. The van der Waals surface area contributed by atoms with Crippen molar-refractivity contribution in [3.05, 3.63) is 84.1 Å². The largest absolute Gasteiger partial charge is 0.322 e. The molecule has 0 aliphatic carbocycles. The Hall–Kier alpha value is -3.12. The molecule has 148 valence electrons. The molecule has 2 amide bonds. The number of anilines is 2. The lowest BCUT2D eigenvalue weighted by Crippen LogP contribution is -2.25. The lowest BCUT2D eigenvalue weighted by molar-refractivity contribution is -0.115. The number of hydrogen-bond donors (Lipinski definition) is 2. The van der Waals surface area contributed by atoms with Crippen molar-refractivity contribution in [1.29, 1.82) is 0 Å². The van der Waals surface area contributed by atoms with Crippen LogP contribution in [0.3, 0.4) is 0 Å². The maximum Gasteiger partial charge on any atom is 0.255 e. The van der Waals surface area contributed by atoms with E-state index in [0.717, 1.165) is 10.5 Å². The Labute approximate surface area is 175 Å². The zero-order valence-electron chi connectivity index (χ0n) is 16.4. The van der Waals surface area contributed by atoms with Gasteiger partial charge in [-0.3, -0.25) is 9.59 Å². The molecule has 3 aromatic rings. The molecule has 3 rings (SSSR count). The average molecular weight is 406 g/mol. The SMILES string of the molecule is CCC(Sc1cccc(NC(=O)c2cccc(C)c2)c1)C(=O)Nc1ccccn1. The maximum absolute atomic E-state index is 12.6. The highest BCUT2D eigenvalue weighted by Gasteiger charge is 2.18. The minimum Gasteiger partial charge on any atom is -0.322 e. The molecule has 0 saturated carbocycles. The van der Waals surface area contributed by atoms with Crippen LogP contribution in [0.4, 0.5) is 11.5 Å². The van der Waals surface area contributed by atoms with Crippen molar-refractivity contribution in [2.24, 2.45) is 0 Å². The van der Waals surface area contributed by atoms with Crippen molar-refractivity contribution in [3.8, 4) is 0 Å². The van der Waals surface area contributed by atoms with Crippen LogP contribution in [0, 0.1) is 6.92 Å². The fourth-order valence-corrected chi connectivity index (χ4v) is 3.78. The van der Waals surface area contributed by atoms with Gasteiger partial charge in [0.25, 0.3) is 5.91 Å². The second-order valence-electron chi connectivity index (χ2n) is 6.57. The Bertz CT molecular complexity index is 992. The molecule has 0 bridgehead atoms. The van der Waals surface area contributed by atoms with E-state index in [4.69, 9.17) is 0 Å². The van der Waals surface area contributed by atoms with Crippen molar-refractivity contribution in [2.75, 3.05) is 10.6 Å². The summed E-state index contributed by atoms with van der Waals surface area (Å²) >= 11 is 1.46. The molecule has 2 aromatic carbocycles. The van der Waals surface area contributed by atoms with Gasteiger partial charge in [0.2, 0.25) is 5.91 Å². The molecular weight excluding hydrogens is 382 g/mol. The second-order valence-corrected chi connectivity index (χ2v) is 7.85. The molecule has 0 radical (unpaired) electrons. The number of carbonyl (C=O) groups excluding carboxylic acids is 2. The van der Waals surface area contributed by atoms with Gasteiger partial charge in [-0.05, 0) is 55.8 Å². The van der Waals surface area contributed by atoms with Gasteiger partial charge in [-0.25, -0.2) is 4.98 Å². The normalized spacial score (nSPS) is 11.5. The standard InChI is InChI=1S/C23H23N3O2S/c1-3-20(23(28)26-21-12-4-5-13-24-21)29-19-11-7-10-18(15-19)25-22(27)17-9-6-8-16(2)14-17/h4-15,20H,3H2,1-2H3,(H,25,27)(H,24,26,28). The third-order valence-electron chi connectivity index (χ3n) is 4.23. The Balaban J connectivity index is 1.66. The number of pyridine rings is 1. The minimum absolute atomic E-state index is 0.0922. The molecule has 29 heavy (non-hydrogen) atoms. The number of rotatable bonds is 7. The van der Waals surface area contributed by atoms with Crippen molar-refractivity contribution in [2.45, 2.75) is 30.4 Å². The first-order valence-electron chi connectivity index (χ1n) is 9.42. The molecular formula is C23H23N3O2S. The summed E-state index contributed by atoms with van der Waals surface area (Å²) in [6.07, 6.45) is 2.31. The van der Waals surface area contributed by atoms with E-state index in [9.17, 15) is 9.59 Å². The summed E-state index contributed by atoms with van der Waals surface area (Å²) in [5.41, 5.74) is 2.34. The molecule has 1 heterocycles. The minimum atomic E-state index is -0.264. The van der Waals surface area contributed by atoms with Gasteiger partial charge in [0.1, 0.15) is 5.82 Å². The van der Waals surface area contributed by atoms with E-state index in [-0.39, 0.29) is 17.1 Å². The molecule has 6 heteroatoms. The van der Waals surface area contributed by atoms with Gasteiger partial charge in [0.15, 0.2) is 0 Å². The quantitative estimate of drug-likeness (QED) is 0.533. The number of nitrogens with one attached hydrogen (secondary N) is 2. The van der Waals surface area contributed by atoms with Gasteiger partial charge in [0.05, 0.1) is 5.25 Å². The molecule has 0 fully saturated rings. The van der Waals surface area contributed by atoms with Crippen molar-refractivity contribution < 1.29 is 9.59 Å². The number of nitrogens with zero attached hydrogens (tertiary/aromatic N) is 1. The molecule has 1 atom stereocenters. The van der Waals surface area contributed by atoms with E-state index in [1.54, 1.807) is 24.4 Å². The predicted octanol–water partition coefficient (Wildman–Crippen LogP) is 5.15. The molecule has 1 aromatic heterocycles. The van der Waals surface area contributed by atoms with Crippen LogP contribution in [0.25, 0.3) is 0 Å². The Kier molecular flexibility index (Phi) is 7.03. The predicted molar refractivity (Wildman–Crippen MR) is 118 cm³/mol. The third kappa shape index (κ3) is 5.93. The van der Waals surface area contributed by atoms with E-state index < -0.39 is 0 Å². The van der Waals surface area contributed by atoms with Crippen molar-refractivity contribution >= 4 is 35.1 Å². The highest BCUT2D eigenvalue weighted by molar-refractivity contribution is 8.00. The van der Waals surface area contributed by atoms with E-state index in [1.165, 1.54) is 11.8 Å². The highest BCUT2D eigenvalue weighted by atomic mass is 32.2. The van der Waals surface area contributed by atoms with Crippen LogP contribution in [-0.4, -0.2) is 22.0 Å². The van der Waals surface area contributed by atoms with Crippen LogP contribution >= 0.6 is 11.8 Å². The fraction of sp³-hybridized carbons (Fsp3) is 0.174. The zero-order valence-corrected chi connectivity index (χ0v) is 17.2. The first-order chi connectivity index (χ1) is 14.0. The van der Waals surface area contributed by atoms with Gasteiger partial charge in [-0.2, -0.15) is 0 Å². The number of aryl methyl sites for hydroxylation is 1. The fourth-order valence-electron chi connectivity index (χ4n) is 2.77. The van der Waals surface area contributed by atoms with E-state index in [0.29, 0.717) is 23.5 Å². The van der Waals surface area contributed by atoms with Gasteiger partial charge in [-0.15, -0.1) is 11.8 Å². The Morgan fingerprint density at radius 1 is 1.00 bits per heavy atom. The number of hydrogen-bond acceptors (Lipinski definition) is 4. The smallest absolute Gasteiger partial charge is 0.255 e. The van der Waals surface area contributed by atoms with Gasteiger partial charge < -0.3 is 10.6 Å². The first-order valence-corrected chi connectivity index (χ1v) is 10.3. The van der Waals surface area contributed by atoms with Crippen LogP contribution in [0.15, 0.2) is 77.8 Å². The number of carbonyl (C=O) groups is 2. The summed E-state index contributed by atoms with van der Waals surface area (Å²) in [6, 6.07) is 20.4.